The molecule has 1 fully saturated rings. The molecule has 1 aliphatic carbocycles. The monoisotopic (exact) mass is 358 g/mol. The van der Waals surface area contributed by atoms with E-state index in [1.54, 1.807) is 6.08 Å². The number of aryl methyl sites for hydroxylation is 1. The van der Waals surface area contributed by atoms with Crippen LogP contribution in [0.1, 0.15) is 51.0 Å². The number of hydrogen-bond donors (Lipinski definition) is 3. The summed E-state index contributed by atoms with van der Waals surface area (Å²) in [6, 6.07) is 10.1. The normalized spacial score (nSPS) is 27.5. The Hall–Kier alpha value is -1.42. The molecule has 0 heterocycles. The van der Waals surface area contributed by atoms with E-state index in [1.165, 1.54) is 18.4 Å². The van der Waals surface area contributed by atoms with Gasteiger partial charge in [0.15, 0.2) is 0 Å². The first-order chi connectivity index (χ1) is 12.6. The van der Waals surface area contributed by atoms with E-state index in [4.69, 9.17) is 0 Å². The molecule has 0 saturated heterocycles. The molecule has 0 amide bonds. The minimum Gasteiger partial charge on any atom is -0.393 e. The highest BCUT2D eigenvalue weighted by atomic mass is 16.3. The largest absolute Gasteiger partial charge is 0.393 e. The van der Waals surface area contributed by atoms with E-state index in [0.717, 1.165) is 19.3 Å². The topological polar surface area (TPSA) is 60.7 Å². The number of unbranched alkanes of at least 4 members (excludes halogenated alkanes) is 2. The first-order valence-corrected chi connectivity index (χ1v) is 10.0. The third-order valence-corrected chi connectivity index (χ3v) is 5.34. The van der Waals surface area contributed by atoms with Gasteiger partial charge in [-0.1, -0.05) is 74.4 Å². The maximum absolute atomic E-state index is 10.3. The molecule has 1 aromatic rings. The predicted octanol–water partition coefficient (Wildman–Crippen LogP) is 4.03. The number of rotatable bonds is 10. The van der Waals surface area contributed by atoms with Gasteiger partial charge in [0, 0.05) is 12.3 Å². The maximum Gasteiger partial charge on any atom is 0.0724 e. The van der Waals surface area contributed by atoms with Crippen LogP contribution in [0, 0.1) is 11.8 Å². The number of benzene rings is 1. The molecule has 0 aliphatic heterocycles. The second-order valence-corrected chi connectivity index (χ2v) is 7.44. The van der Waals surface area contributed by atoms with E-state index in [0.29, 0.717) is 12.8 Å². The average molecular weight is 359 g/mol. The molecule has 1 aromatic carbocycles. The van der Waals surface area contributed by atoms with Gasteiger partial charge in [-0.15, -0.1) is 0 Å². The van der Waals surface area contributed by atoms with Crippen molar-refractivity contribution in [3.63, 3.8) is 0 Å². The minimum atomic E-state index is -0.531. The van der Waals surface area contributed by atoms with Crippen molar-refractivity contribution in [3.05, 3.63) is 60.2 Å². The van der Waals surface area contributed by atoms with E-state index in [-0.39, 0.29) is 11.8 Å². The lowest BCUT2D eigenvalue weighted by Gasteiger charge is -2.19. The van der Waals surface area contributed by atoms with E-state index in [9.17, 15) is 15.3 Å². The van der Waals surface area contributed by atoms with Crippen LogP contribution in [0.2, 0.25) is 0 Å². The van der Waals surface area contributed by atoms with Crippen molar-refractivity contribution in [2.45, 2.75) is 70.2 Å². The molecule has 1 aliphatic rings. The van der Waals surface area contributed by atoms with Crippen LogP contribution in [-0.2, 0) is 6.42 Å². The van der Waals surface area contributed by atoms with Crippen molar-refractivity contribution < 1.29 is 15.3 Å². The van der Waals surface area contributed by atoms with E-state index >= 15 is 0 Å². The van der Waals surface area contributed by atoms with E-state index < -0.39 is 18.3 Å². The Bertz CT molecular complexity index is 552. The molecule has 0 radical (unpaired) electrons. The van der Waals surface area contributed by atoms with Crippen molar-refractivity contribution in [1.82, 2.24) is 0 Å². The summed E-state index contributed by atoms with van der Waals surface area (Å²) in [5.74, 6) is -0.0624. The third-order valence-electron chi connectivity index (χ3n) is 5.34. The lowest BCUT2D eigenvalue weighted by molar-refractivity contribution is 0.120. The van der Waals surface area contributed by atoms with Gasteiger partial charge in [-0.3, -0.25) is 0 Å². The number of hydrogen-bond acceptors (Lipinski definition) is 3. The summed E-state index contributed by atoms with van der Waals surface area (Å²) >= 11 is 0. The summed E-state index contributed by atoms with van der Waals surface area (Å²) in [5.41, 5.74) is 1.21. The van der Waals surface area contributed by atoms with Gasteiger partial charge < -0.3 is 15.3 Å². The van der Waals surface area contributed by atoms with Crippen molar-refractivity contribution in [3.8, 4) is 0 Å². The zero-order valence-corrected chi connectivity index (χ0v) is 15.9. The number of allylic oxidation sites excluding steroid dienone is 2. The summed E-state index contributed by atoms with van der Waals surface area (Å²) in [6.07, 6.45) is 12.6. The molecule has 3 heteroatoms. The SMILES string of the molecule is CCCC/C=C\CC1C(O)CC(O)[C@@H]1/C=C/C(O)CCc1ccccc1. The molecule has 0 bridgehead atoms. The smallest absolute Gasteiger partial charge is 0.0724 e. The number of aliphatic hydroxyl groups is 3. The Morgan fingerprint density at radius 3 is 2.62 bits per heavy atom. The molecule has 1 saturated carbocycles. The second kappa shape index (κ2) is 11.3. The molecule has 144 valence electrons. The Balaban J connectivity index is 1.85. The fraction of sp³-hybridized carbons (Fsp3) is 0.565. The lowest BCUT2D eigenvalue weighted by atomic mass is 9.89. The number of aliphatic hydroxyl groups excluding tert-OH is 3. The molecule has 2 rings (SSSR count). The van der Waals surface area contributed by atoms with Crippen LogP contribution in [0.25, 0.3) is 0 Å². The van der Waals surface area contributed by atoms with Crippen molar-refractivity contribution in [1.29, 1.82) is 0 Å². The fourth-order valence-corrected chi connectivity index (χ4v) is 3.71. The van der Waals surface area contributed by atoms with Gasteiger partial charge in [-0.05, 0) is 37.2 Å². The van der Waals surface area contributed by atoms with Gasteiger partial charge in [0.1, 0.15) is 0 Å². The first-order valence-electron chi connectivity index (χ1n) is 10.0. The zero-order chi connectivity index (χ0) is 18.8. The Morgan fingerprint density at radius 2 is 1.88 bits per heavy atom. The minimum absolute atomic E-state index is 0.0282. The highest BCUT2D eigenvalue weighted by Crippen LogP contribution is 2.36. The summed E-state index contributed by atoms with van der Waals surface area (Å²) in [6.45, 7) is 2.18. The molecule has 3 nitrogen and oxygen atoms in total. The summed E-state index contributed by atoms with van der Waals surface area (Å²) < 4.78 is 0. The van der Waals surface area contributed by atoms with Gasteiger partial charge in [-0.2, -0.15) is 0 Å². The van der Waals surface area contributed by atoms with Crippen molar-refractivity contribution >= 4 is 0 Å². The summed E-state index contributed by atoms with van der Waals surface area (Å²) in [4.78, 5) is 0. The molecule has 26 heavy (non-hydrogen) atoms. The summed E-state index contributed by atoms with van der Waals surface area (Å²) in [7, 11) is 0. The van der Waals surface area contributed by atoms with E-state index in [1.807, 2.05) is 24.3 Å². The quantitative estimate of drug-likeness (QED) is 0.437. The van der Waals surface area contributed by atoms with Gasteiger partial charge in [-0.25, -0.2) is 0 Å². The molecule has 4 unspecified atom stereocenters. The van der Waals surface area contributed by atoms with Crippen LogP contribution in [0.4, 0.5) is 0 Å². The molecule has 0 aromatic heterocycles. The zero-order valence-electron chi connectivity index (χ0n) is 15.9. The lowest BCUT2D eigenvalue weighted by Crippen LogP contribution is -2.20. The van der Waals surface area contributed by atoms with Crippen molar-refractivity contribution in [2.24, 2.45) is 11.8 Å². The predicted molar refractivity (Wildman–Crippen MR) is 107 cm³/mol. The summed E-state index contributed by atoms with van der Waals surface area (Å²) in [5, 5.41) is 30.8. The van der Waals surface area contributed by atoms with Gasteiger partial charge in [0.2, 0.25) is 0 Å². The molecule has 3 N–H and O–H groups in total. The van der Waals surface area contributed by atoms with Crippen LogP contribution in [0.15, 0.2) is 54.6 Å². The second-order valence-electron chi connectivity index (χ2n) is 7.44. The fourth-order valence-electron chi connectivity index (χ4n) is 3.71. The Labute approximate surface area is 158 Å². The van der Waals surface area contributed by atoms with Crippen LogP contribution in [0.3, 0.4) is 0 Å². The highest BCUT2D eigenvalue weighted by Gasteiger charge is 2.39. The van der Waals surface area contributed by atoms with E-state index in [2.05, 4.69) is 31.2 Å². The van der Waals surface area contributed by atoms with Crippen LogP contribution in [0.5, 0.6) is 0 Å². The maximum atomic E-state index is 10.3. The first kappa shape index (κ1) is 20.9. The Morgan fingerprint density at radius 1 is 1.12 bits per heavy atom. The van der Waals surface area contributed by atoms with Crippen molar-refractivity contribution in [2.75, 3.05) is 0 Å². The molecular formula is C23H34O3. The van der Waals surface area contributed by atoms with Crippen LogP contribution in [-0.4, -0.2) is 33.6 Å². The average Bonchev–Trinajstić information content (AvgIpc) is 2.91. The third kappa shape index (κ3) is 6.71. The van der Waals surface area contributed by atoms with Gasteiger partial charge in [0.05, 0.1) is 18.3 Å². The highest BCUT2D eigenvalue weighted by molar-refractivity contribution is 5.15. The van der Waals surface area contributed by atoms with Crippen LogP contribution < -0.4 is 0 Å². The Kier molecular flexibility index (Phi) is 9.10. The standard InChI is InChI=1S/C23H34O3/c1-2-3-4-5-9-12-20-21(23(26)17-22(20)25)16-15-19(24)14-13-18-10-7-6-8-11-18/h5-11,15-16,19-26H,2-4,12-14,17H2,1H3/b9-5-,16-15+/t19?,20?,21-,22?,23?/m1/s1. The van der Waals surface area contributed by atoms with Gasteiger partial charge in [0.25, 0.3) is 0 Å². The molecule has 5 atom stereocenters. The molecular weight excluding hydrogens is 324 g/mol. The van der Waals surface area contributed by atoms with Gasteiger partial charge >= 0.3 is 0 Å². The molecule has 0 spiro atoms. The van der Waals surface area contributed by atoms with Crippen LogP contribution >= 0.6 is 0 Å².